The molecule has 1 heterocycles. The van der Waals surface area contributed by atoms with E-state index >= 15 is 0 Å². The van der Waals surface area contributed by atoms with Gasteiger partial charge in [0.25, 0.3) is 0 Å². The molecule has 0 atom stereocenters. The van der Waals surface area contributed by atoms with Crippen molar-refractivity contribution in [2.75, 3.05) is 33.3 Å². The van der Waals surface area contributed by atoms with Gasteiger partial charge in [-0.05, 0) is 23.6 Å². The van der Waals surface area contributed by atoms with Gasteiger partial charge in [0.1, 0.15) is 5.75 Å². The van der Waals surface area contributed by atoms with E-state index in [0.29, 0.717) is 31.9 Å². The smallest absolute Gasteiger partial charge is 0.243 e. The second kappa shape index (κ2) is 6.49. The summed E-state index contributed by atoms with van der Waals surface area (Å²) in [5.41, 5.74) is 0.625. The summed E-state index contributed by atoms with van der Waals surface area (Å²) in [6.07, 6.45) is 0.759. The first-order valence-corrected chi connectivity index (χ1v) is 9.02. The highest BCUT2D eigenvalue weighted by atomic mass is 32.2. The molecule has 0 saturated carbocycles. The Hall–Kier alpha value is -1.60. The van der Waals surface area contributed by atoms with Crippen LogP contribution in [0, 0.1) is 0 Å². The van der Waals surface area contributed by atoms with Gasteiger partial charge in [0, 0.05) is 31.7 Å². The van der Waals surface area contributed by atoms with E-state index < -0.39 is 10.0 Å². The van der Waals surface area contributed by atoms with E-state index in [1.165, 1.54) is 4.31 Å². The Bertz CT molecular complexity index is 672. The van der Waals surface area contributed by atoms with Crippen molar-refractivity contribution in [3.8, 4) is 5.75 Å². The third-order valence-electron chi connectivity index (χ3n) is 4.04. The molecule has 0 bridgehead atoms. The van der Waals surface area contributed by atoms with Crippen LogP contribution >= 0.6 is 0 Å². The van der Waals surface area contributed by atoms with Gasteiger partial charge in [-0.25, -0.2) is 8.42 Å². The lowest BCUT2D eigenvalue weighted by Crippen LogP contribution is -2.48. The molecule has 0 aromatic heterocycles. The summed E-state index contributed by atoms with van der Waals surface area (Å²) in [6.45, 7) is 7.53. The molecule has 7 heteroatoms. The number of ether oxygens (including phenoxy) is 1. The van der Waals surface area contributed by atoms with E-state index in [1.807, 2.05) is 20.8 Å². The van der Waals surface area contributed by atoms with Crippen LogP contribution in [0.4, 0.5) is 0 Å². The highest BCUT2D eigenvalue weighted by Gasteiger charge is 2.30. The van der Waals surface area contributed by atoms with Crippen molar-refractivity contribution in [2.45, 2.75) is 31.1 Å². The number of amides is 1. The molecule has 0 spiro atoms. The molecule has 23 heavy (non-hydrogen) atoms. The highest BCUT2D eigenvalue weighted by molar-refractivity contribution is 7.89. The van der Waals surface area contributed by atoms with Gasteiger partial charge in [0.15, 0.2) is 0 Å². The molecular weight excluding hydrogens is 316 g/mol. The number of carbonyl (C=O) groups is 1. The van der Waals surface area contributed by atoms with Crippen molar-refractivity contribution in [1.29, 1.82) is 0 Å². The molecule has 1 aromatic carbocycles. The summed E-state index contributed by atoms with van der Waals surface area (Å²) < 4.78 is 32.5. The van der Waals surface area contributed by atoms with Gasteiger partial charge in [-0.1, -0.05) is 20.8 Å². The minimum absolute atomic E-state index is 0.229. The van der Waals surface area contributed by atoms with Gasteiger partial charge in [-0.3, -0.25) is 4.79 Å². The molecule has 1 saturated heterocycles. The average Bonchev–Trinajstić information content (AvgIpc) is 2.53. The van der Waals surface area contributed by atoms with Crippen LogP contribution < -0.4 is 4.74 Å². The minimum atomic E-state index is -3.57. The van der Waals surface area contributed by atoms with Gasteiger partial charge in [0.05, 0.1) is 12.0 Å². The van der Waals surface area contributed by atoms with Crippen molar-refractivity contribution < 1.29 is 17.9 Å². The zero-order valence-electron chi connectivity index (χ0n) is 14.1. The third-order valence-corrected chi connectivity index (χ3v) is 5.93. The number of methoxy groups -OCH3 is 1. The Balaban J connectivity index is 2.35. The van der Waals surface area contributed by atoms with Gasteiger partial charge in [0.2, 0.25) is 16.4 Å². The Kier molecular flexibility index (Phi) is 5.01. The number of nitrogens with zero attached hydrogens (tertiary/aromatic N) is 2. The lowest BCUT2D eigenvalue weighted by atomic mass is 9.86. The maximum absolute atomic E-state index is 12.8. The molecule has 1 aromatic rings. The lowest BCUT2D eigenvalue weighted by Gasteiger charge is -2.32. The van der Waals surface area contributed by atoms with Crippen LogP contribution in [0.2, 0.25) is 0 Å². The molecule has 0 radical (unpaired) electrons. The standard InChI is InChI=1S/C16H24N2O4S/c1-16(2,3)14-11-13(5-6-15(14)22-4)23(20,21)18-9-7-17(12-19)8-10-18/h5-6,11-12H,7-10H2,1-4H3. The SMILES string of the molecule is COc1ccc(S(=O)(=O)N2CCN(C=O)CC2)cc1C(C)(C)C. The van der Waals surface area contributed by atoms with E-state index in [9.17, 15) is 13.2 Å². The van der Waals surface area contributed by atoms with Crippen molar-refractivity contribution in [3.05, 3.63) is 23.8 Å². The second-order valence-corrected chi connectivity index (χ2v) is 8.60. The first-order valence-electron chi connectivity index (χ1n) is 7.58. The zero-order valence-corrected chi connectivity index (χ0v) is 14.9. The highest BCUT2D eigenvalue weighted by Crippen LogP contribution is 2.33. The lowest BCUT2D eigenvalue weighted by molar-refractivity contribution is -0.119. The first kappa shape index (κ1) is 17.7. The average molecular weight is 340 g/mol. The molecule has 1 aliphatic heterocycles. The van der Waals surface area contributed by atoms with Crippen LogP contribution in [0.3, 0.4) is 0 Å². The predicted molar refractivity (Wildman–Crippen MR) is 88.1 cm³/mol. The molecule has 1 aliphatic rings. The fraction of sp³-hybridized carbons (Fsp3) is 0.562. The summed E-state index contributed by atoms with van der Waals surface area (Å²) in [4.78, 5) is 12.6. The molecule has 0 unspecified atom stereocenters. The van der Waals surface area contributed by atoms with Crippen LogP contribution in [-0.4, -0.2) is 57.3 Å². The predicted octanol–water partition coefficient (Wildman–Crippen LogP) is 1.46. The molecule has 128 valence electrons. The number of sulfonamides is 1. The summed E-state index contributed by atoms with van der Waals surface area (Å²) in [5.74, 6) is 0.683. The molecule has 6 nitrogen and oxygen atoms in total. The largest absolute Gasteiger partial charge is 0.496 e. The molecule has 1 fully saturated rings. The molecule has 0 N–H and O–H groups in total. The van der Waals surface area contributed by atoms with E-state index in [-0.39, 0.29) is 10.3 Å². The minimum Gasteiger partial charge on any atom is -0.496 e. The van der Waals surface area contributed by atoms with Crippen molar-refractivity contribution >= 4 is 16.4 Å². The quantitative estimate of drug-likeness (QED) is 0.778. The summed E-state index contributed by atoms with van der Waals surface area (Å²) >= 11 is 0. The van der Waals surface area contributed by atoms with Gasteiger partial charge < -0.3 is 9.64 Å². The van der Waals surface area contributed by atoms with E-state index in [4.69, 9.17) is 4.74 Å². The molecule has 0 aliphatic carbocycles. The second-order valence-electron chi connectivity index (χ2n) is 6.66. The van der Waals surface area contributed by atoms with Crippen LogP contribution in [0.15, 0.2) is 23.1 Å². The Morgan fingerprint density at radius 3 is 2.22 bits per heavy atom. The Labute approximate surface area is 138 Å². The normalized spacial score (nSPS) is 17.1. The number of piperazine rings is 1. The topological polar surface area (TPSA) is 66.9 Å². The first-order chi connectivity index (χ1) is 10.7. The number of rotatable bonds is 4. The van der Waals surface area contributed by atoms with Crippen LogP contribution in [0.25, 0.3) is 0 Å². The van der Waals surface area contributed by atoms with Crippen molar-refractivity contribution in [1.82, 2.24) is 9.21 Å². The summed E-state index contributed by atoms with van der Waals surface area (Å²) in [5, 5.41) is 0. The van der Waals surface area contributed by atoms with Crippen LogP contribution in [0.5, 0.6) is 5.75 Å². The van der Waals surface area contributed by atoms with E-state index in [1.54, 1.807) is 30.2 Å². The fourth-order valence-corrected chi connectivity index (χ4v) is 4.08. The van der Waals surface area contributed by atoms with Gasteiger partial charge in [-0.2, -0.15) is 4.31 Å². The maximum atomic E-state index is 12.8. The van der Waals surface area contributed by atoms with Crippen LogP contribution in [0.1, 0.15) is 26.3 Å². The zero-order chi connectivity index (χ0) is 17.3. The molecule has 1 amide bonds. The molecule has 2 rings (SSSR count). The molecular formula is C16H24N2O4S. The summed E-state index contributed by atoms with van der Waals surface area (Å²) in [6, 6.07) is 4.98. The van der Waals surface area contributed by atoms with Crippen molar-refractivity contribution in [2.24, 2.45) is 0 Å². The van der Waals surface area contributed by atoms with Gasteiger partial charge in [-0.15, -0.1) is 0 Å². The van der Waals surface area contributed by atoms with Gasteiger partial charge >= 0.3 is 0 Å². The fourth-order valence-electron chi connectivity index (χ4n) is 2.63. The number of benzene rings is 1. The van der Waals surface area contributed by atoms with Crippen LogP contribution in [-0.2, 0) is 20.2 Å². The number of carbonyl (C=O) groups excluding carboxylic acids is 1. The number of hydrogen-bond donors (Lipinski definition) is 0. The van der Waals surface area contributed by atoms with E-state index in [2.05, 4.69) is 0 Å². The van der Waals surface area contributed by atoms with Crippen molar-refractivity contribution in [3.63, 3.8) is 0 Å². The third kappa shape index (κ3) is 3.67. The summed E-state index contributed by atoms with van der Waals surface area (Å²) in [7, 11) is -1.99. The Morgan fingerprint density at radius 2 is 1.74 bits per heavy atom. The number of hydrogen-bond acceptors (Lipinski definition) is 4. The maximum Gasteiger partial charge on any atom is 0.243 e. The van der Waals surface area contributed by atoms with E-state index in [0.717, 1.165) is 12.0 Å². The monoisotopic (exact) mass is 340 g/mol. The Morgan fingerprint density at radius 1 is 1.13 bits per heavy atom.